The fraction of sp³-hybridized carbons (Fsp3) is 0. The van der Waals surface area contributed by atoms with E-state index in [0.717, 1.165) is 5.56 Å². The third-order valence-corrected chi connectivity index (χ3v) is 2.14. The molecule has 2 rings (SSSR count). The number of hydrogen-bond donors (Lipinski definition) is 2. The molecule has 14 heavy (non-hydrogen) atoms. The van der Waals surface area contributed by atoms with Crippen molar-refractivity contribution in [2.24, 2.45) is 5.10 Å². The Morgan fingerprint density at radius 1 is 1.29 bits per heavy atom. The zero-order chi connectivity index (χ0) is 9.97. The second-order valence-electron chi connectivity index (χ2n) is 2.74. The van der Waals surface area contributed by atoms with E-state index in [2.05, 4.69) is 23.2 Å². The van der Waals surface area contributed by atoms with Crippen LogP contribution in [0.15, 0.2) is 40.3 Å². The lowest BCUT2D eigenvalue weighted by Gasteiger charge is -2.18. The van der Waals surface area contributed by atoms with Gasteiger partial charge < -0.3 is 0 Å². The van der Waals surface area contributed by atoms with E-state index < -0.39 is 0 Å². The number of nitrogens with one attached hydrogen (secondary N) is 1. The predicted molar refractivity (Wildman–Crippen MR) is 56.9 cm³/mol. The van der Waals surface area contributed by atoms with Crippen molar-refractivity contribution in [2.45, 2.75) is 0 Å². The van der Waals surface area contributed by atoms with Crippen LogP contribution in [0.1, 0.15) is 5.56 Å². The summed E-state index contributed by atoms with van der Waals surface area (Å²) in [7, 11) is 0. The van der Waals surface area contributed by atoms with Gasteiger partial charge in [0.25, 0.3) is 0 Å². The minimum absolute atomic E-state index is 0.155. The summed E-state index contributed by atoms with van der Waals surface area (Å²) in [6, 6.07) is 9.38. The normalized spacial score (nSPS) is 15.7. The Labute approximate surface area is 86.2 Å². The van der Waals surface area contributed by atoms with Gasteiger partial charge in [-0.15, -0.1) is 17.7 Å². The van der Waals surface area contributed by atoms with Crippen LogP contribution in [0.4, 0.5) is 4.48 Å². The van der Waals surface area contributed by atoms with Crippen LogP contribution in [-0.2, 0) is 0 Å². The number of thiol groups is 1. The van der Waals surface area contributed by atoms with Gasteiger partial charge in [0.1, 0.15) is 0 Å². The van der Waals surface area contributed by atoms with Gasteiger partial charge in [0.15, 0.2) is 0 Å². The number of hydrazine groups is 1. The average Bonchev–Trinajstić information content (AvgIpc) is 2.23. The Hall–Kier alpha value is -1.49. The standard InChI is InChI=1S/C9H8FN3S/c10-13-11-6-8(14)9(12-13)7-4-2-1-3-5-7/h1-6,12,14H. The fourth-order valence-corrected chi connectivity index (χ4v) is 1.40. The summed E-state index contributed by atoms with van der Waals surface area (Å²) in [5.41, 5.74) is 3.92. The van der Waals surface area contributed by atoms with Gasteiger partial charge in [-0.1, -0.05) is 34.8 Å². The van der Waals surface area contributed by atoms with Crippen LogP contribution in [0.3, 0.4) is 0 Å². The van der Waals surface area contributed by atoms with E-state index in [1.54, 1.807) is 0 Å². The molecular weight excluding hydrogens is 201 g/mol. The van der Waals surface area contributed by atoms with Crippen LogP contribution in [0.25, 0.3) is 5.70 Å². The number of allylic oxidation sites excluding steroid dienone is 1. The van der Waals surface area contributed by atoms with Crippen molar-refractivity contribution >= 4 is 24.5 Å². The maximum atomic E-state index is 12.7. The molecule has 0 spiro atoms. The maximum absolute atomic E-state index is 12.7. The van der Waals surface area contributed by atoms with Gasteiger partial charge >= 0.3 is 0 Å². The number of hydrazone groups is 1. The third kappa shape index (κ3) is 1.72. The molecule has 1 aromatic carbocycles. The SMILES string of the molecule is FN1N=CC(S)=C(c2ccccc2)N1. The highest BCUT2D eigenvalue weighted by Crippen LogP contribution is 2.20. The Morgan fingerprint density at radius 3 is 2.71 bits per heavy atom. The smallest absolute Gasteiger partial charge is 0.0806 e. The van der Waals surface area contributed by atoms with Crippen molar-refractivity contribution < 1.29 is 4.48 Å². The molecule has 0 bridgehead atoms. The van der Waals surface area contributed by atoms with Crippen molar-refractivity contribution in [3.05, 3.63) is 40.8 Å². The molecule has 1 aliphatic rings. The summed E-state index contributed by atoms with van der Waals surface area (Å²) < 4.78 is 12.7. The van der Waals surface area contributed by atoms with Crippen LogP contribution < -0.4 is 5.43 Å². The van der Waals surface area contributed by atoms with Gasteiger partial charge in [-0.2, -0.15) is 0 Å². The van der Waals surface area contributed by atoms with Crippen LogP contribution in [0, 0.1) is 0 Å². The minimum atomic E-state index is 0.155. The first-order valence-electron chi connectivity index (χ1n) is 4.02. The Kier molecular flexibility index (Phi) is 2.41. The molecule has 1 aromatic rings. The number of hydrogen-bond acceptors (Lipinski definition) is 4. The minimum Gasteiger partial charge on any atom is -0.252 e. The van der Waals surface area contributed by atoms with Gasteiger partial charge in [0, 0.05) is 5.56 Å². The van der Waals surface area contributed by atoms with E-state index in [4.69, 9.17) is 0 Å². The predicted octanol–water partition coefficient (Wildman–Crippen LogP) is 1.98. The fourth-order valence-electron chi connectivity index (χ4n) is 1.17. The molecule has 0 saturated carbocycles. The zero-order valence-electron chi connectivity index (χ0n) is 7.18. The van der Waals surface area contributed by atoms with Crippen LogP contribution in [0.2, 0.25) is 0 Å². The Balaban J connectivity index is 2.39. The molecule has 0 unspecified atom stereocenters. The summed E-state index contributed by atoms with van der Waals surface area (Å²) in [6.45, 7) is 0. The van der Waals surface area contributed by atoms with Gasteiger partial charge in [0.2, 0.25) is 0 Å². The monoisotopic (exact) mass is 209 g/mol. The van der Waals surface area contributed by atoms with Crippen molar-refractivity contribution in [3.63, 3.8) is 0 Å². The first-order chi connectivity index (χ1) is 6.77. The van der Waals surface area contributed by atoms with Crippen molar-refractivity contribution in [2.75, 3.05) is 0 Å². The second kappa shape index (κ2) is 3.71. The lowest BCUT2D eigenvalue weighted by molar-refractivity contribution is -0.00826. The lowest BCUT2D eigenvalue weighted by atomic mass is 10.1. The highest BCUT2D eigenvalue weighted by Gasteiger charge is 2.12. The van der Waals surface area contributed by atoms with E-state index in [9.17, 15) is 4.48 Å². The van der Waals surface area contributed by atoms with Gasteiger partial charge in [-0.25, -0.2) is 0 Å². The number of benzene rings is 1. The number of halogens is 1. The highest BCUT2D eigenvalue weighted by atomic mass is 32.1. The Bertz CT molecular complexity index is 388. The molecule has 72 valence electrons. The first-order valence-corrected chi connectivity index (χ1v) is 4.47. The molecular formula is C9H8FN3S. The van der Waals surface area contributed by atoms with E-state index in [-0.39, 0.29) is 5.34 Å². The average molecular weight is 209 g/mol. The molecule has 0 atom stereocenters. The van der Waals surface area contributed by atoms with Gasteiger partial charge in [-0.3, -0.25) is 5.43 Å². The molecule has 0 radical (unpaired) electrons. The highest BCUT2D eigenvalue weighted by molar-refractivity contribution is 7.85. The summed E-state index contributed by atoms with van der Waals surface area (Å²) in [5, 5.41) is 3.54. The first kappa shape index (κ1) is 9.08. The molecule has 5 heteroatoms. The summed E-state index contributed by atoms with van der Waals surface area (Å²) in [4.78, 5) is 0.602. The van der Waals surface area contributed by atoms with Crippen molar-refractivity contribution in [1.82, 2.24) is 10.8 Å². The number of rotatable bonds is 1. The summed E-state index contributed by atoms with van der Waals surface area (Å²) in [5.74, 6) is 0. The molecule has 0 saturated heterocycles. The third-order valence-electron chi connectivity index (χ3n) is 1.80. The summed E-state index contributed by atoms with van der Waals surface area (Å²) in [6.07, 6.45) is 1.35. The molecule has 0 fully saturated rings. The topological polar surface area (TPSA) is 27.6 Å². The zero-order valence-corrected chi connectivity index (χ0v) is 8.08. The van der Waals surface area contributed by atoms with Crippen molar-refractivity contribution in [1.29, 1.82) is 0 Å². The largest absolute Gasteiger partial charge is 0.252 e. The molecule has 1 N–H and O–H groups in total. The van der Waals surface area contributed by atoms with Crippen LogP contribution in [-0.4, -0.2) is 11.6 Å². The summed E-state index contributed by atoms with van der Waals surface area (Å²) >= 11 is 4.18. The van der Waals surface area contributed by atoms with E-state index in [1.807, 2.05) is 30.3 Å². The van der Waals surface area contributed by atoms with Crippen LogP contribution >= 0.6 is 12.6 Å². The molecule has 0 amide bonds. The molecule has 1 heterocycles. The molecule has 1 aliphatic heterocycles. The van der Waals surface area contributed by atoms with Gasteiger partial charge in [0.05, 0.1) is 16.8 Å². The second-order valence-corrected chi connectivity index (χ2v) is 3.22. The van der Waals surface area contributed by atoms with E-state index in [0.29, 0.717) is 10.6 Å². The molecule has 0 aliphatic carbocycles. The Morgan fingerprint density at radius 2 is 2.00 bits per heavy atom. The van der Waals surface area contributed by atoms with E-state index in [1.165, 1.54) is 6.21 Å². The van der Waals surface area contributed by atoms with Crippen LogP contribution in [0.5, 0.6) is 0 Å². The molecule has 0 aromatic heterocycles. The lowest BCUT2D eigenvalue weighted by Crippen LogP contribution is -2.28. The number of nitrogens with zero attached hydrogens (tertiary/aromatic N) is 2. The molecule has 3 nitrogen and oxygen atoms in total. The van der Waals surface area contributed by atoms with E-state index >= 15 is 0 Å². The van der Waals surface area contributed by atoms with Gasteiger partial charge in [-0.05, 0) is 5.34 Å². The van der Waals surface area contributed by atoms with Crippen molar-refractivity contribution in [3.8, 4) is 0 Å². The quantitative estimate of drug-likeness (QED) is 0.546. The maximum Gasteiger partial charge on any atom is 0.0806 e.